The Balaban J connectivity index is 1.25. The molecule has 0 bridgehead atoms. The highest BCUT2D eigenvalue weighted by Gasteiger charge is 2.51. The minimum Gasteiger partial charge on any atom is -0.461 e. The lowest BCUT2D eigenvalue weighted by Gasteiger charge is -2.35. The predicted octanol–water partition coefficient (Wildman–Crippen LogP) is 14.4. The SMILES string of the molecule is C=C(Cl)C(=O)OCCOC(=O)C(CC(F)(F)F)N1C(=O)c2cc(Oc3ccccc3)c3c4c(Oc5ccccc5)cc5c6c(cc(Oc7ccccc7)c(c7c(Oc8ccccc8)cc(c2c37)C1=O)c64)C(=O)N(C(CC(F)(F)F)C(=O)OCCOC(=O)C(=C)Cl)C5=O. The molecule has 18 nitrogen and oxygen atoms in total. The zero-order valence-corrected chi connectivity index (χ0v) is 48.6. The van der Waals surface area contributed by atoms with E-state index < -0.39 is 144 Å². The number of amides is 4. The average molecular weight is 1300 g/mol. The number of rotatable bonds is 22. The molecule has 2 unspecified atom stereocenters. The van der Waals surface area contributed by atoms with Gasteiger partial charge in [0.05, 0.1) is 35.1 Å². The highest BCUT2D eigenvalue weighted by Crippen LogP contribution is 2.58. The van der Waals surface area contributed by atoms with E-state index in [2.05, 4.69) is 13.2 Å². The van der Waals surface area contributed by atoms with Gasteiger partial charge in [0, 0.05) is 43.1 Å². The van der Waals surface area contributed by atoms with Crippen LogP contribution in [-0.4, -0.2) is 108 Å². The predicted molar refractivity (Wildman–Crippen MR) is 317 cm³/mol. The third-order valence-electron chi connectivity index (χ3n) is 14.4. The van der Waals surface area contributed by atoms with Gasteiger partial charge in [0.1, 0.15) is 94.6 Å². The number of benzene rings is 9. The number of fused-ring (bicyclic) bond motifs is 2. The van der Waals surface area contributed by atoms with E-state index in [-0.39, 0.29) is 98.9 Å². The second-order valence-electron chi connectivity index (χ2n) is 20.4. The first-order chi connectivity index (χ1) is 43.9. The summed E-state index contributed by atoms with van der Waals surface area (Å²) in [5.41, 5.74) is -2.16. The number of carbonyl (C=O) groups is 8. The Morgan fingerprint density at radius 1 is 0.380 bits per heavy atom. The first-order valence-corrected chi connectivity index (χ1v) is 28.2. The molecule has 4 amide bonds. The van der Waals surface area contributed by atoms with Crippen LogP contribution in [0.4, 0.5) is 26.3 Å². The van der Waals surface area contributed by atoms with E-state index in [1.54, 1.807) is 72.8 Å². The van der Waals surface area contributed by atoms with E-state index in [1.165, 1.54) is 48.5 Å². The second kappa shape index (κ2) is 25.3. The highest BCUT2D eigenvalue weighted by molar-refractivity contribution is 6.45. The van der Waals surface area contributed by atoms with Gasteiger partial charge in [-0.25, -0.2) is 19.2 Å². The van der Waals surface area contributed by atoms with E-state index in [9.17, 15) is 45.5 Å². The lowest BCUT2D eigenvalue weighted by atomic mass is 9.80. The van der Waals surface area contributed by atoms with Crippen molar-refractivity contribution >= 4 is 114 Å². The molecule has 92 heavy (non-hydrogen) atoms. The number of hydrogen-bond donors (Lipinski definition) is 0. The molecule has 0 aromatic heterocycles. The van der Waals surface area contributed by atoms with Crippen molar-refractivity contribution in [2.75, 3.05) is 26.4 Å². The average Bonchev–Trinajstić information content (AvgIpc) is 0.673. The minimum atomic E-state index is -5.27. The van der Waals surface area contributed by atoms with Crippen LogP contribution >= 0.6 is 23.2 Å². The third-order valence-corrected chi connectivity index (χ3v) is 14.7. The van der Waals surface area contributed by atoms with Gasteiger partial charge < -0.3 is 37.9 Å². The Labute approximate surface area is 524 Å². The van der Waals surface area contributed by atoms with Crippen LogP contribution in [0.25, 0.3) is 43.1 Å². The first-order valence-electron chi connectivity index (χ1n) is 27.4. The Hall–Kier alpha value is -10.7. The zero-order chi connectivity index (χ0) is 65.5. The van der Waals surface area contributed by atoms with Gasteiger partial charge in [-0.15, -0.1) is 0 Å². The third kappa shape index (κ3) is 12.5. The summed E-state index contributed by atoms with van der Waals surface area (Å²) >= 11 is 11.1. The van der Waals surface area contributed by atoms with Gasteiger partial charge in [0.25, 0.3) is 23.6 Å². The molecule has 9 aromatic rings. The molecular formula is C66H42Cl2F6N2O16. The van der Waals surface area contributed by atoms with Crippen molar-refractivity contribution in [3.8, 4) is 46.0 Å². The largest absolute Gasteiger partial charge is 0.461 e. The van der Waals surface area contributed by atoms with Crippen LogP contribution < -0.4 is 18.9 Å². The summed E-state index contributed by atoms with van der Waals surface area (Å²) in [4.78, 5) is 114. The smallest absolute Gasteiger partial charge is 0.391 e. The number of nitrogens with zero attached hydrogens (tertiary/aromatic N) is 2. The van der Waals surface area contributed by atoms with E-state index in [1.807, 2.05) is 0 Å². The van der Waals surface area contributed by atoms with Crippen LogP contribution in [0, 0.1) is 0 Å². The fraction of sp³-hybridized carbons (Fsp3) is 0.152. The minimum absolute atomic E-state index is 0.0559. The van der Waals surface area contributed by atoms with Crippen LogP contribution in [0.15, 0.2) is 169 Å². The normalized spacial score (nSPS) is 13.7. The molecule has 0 radical (unpaired) electrons. The number of para-hydroxylation sites is 4. The lowest BCUT2D eigenvalue weighted by Crippen LogP contribution is -2.52. The second-order valence-corrected chi connectivity index (χ2v) is 21.3. The van der Waals surface area contributed by atoms with E-state index in [4.69, 9.17) is 61.1 Å². The van der Waals surface area contributed by atoms with Gasteiger partial charge >= 0.3 is 36.2 Å². The summed E-state index contributed by atoms with van der Waals surface area (Å²) in [5.74, 6) is -12.8. The highest BCUT2D eigenvalue weighted by atomic mass is 35.5. The van der Waals surface area contributed by atoms with Crippen molar-refractivity contribution < 1.29 is 103 Å². The zero-order valence-electron chi connectivity index (χ0n) is 47.1. The van der Waals surface area contributed by atoms with Crippen LogP contribution in [-0.2, 0) is 38.1 Å². The maximum absolute atomic E-state index is 15.5. The maximum atomic E-state index is 15.5. The summed E-state index contributed by atoms with van der Waals surface area (Å²) in [6.07, 6.45) is -14.8. The molecule has 0 spiro atoms. The van der Waals surface area contributed by atoms with E-state index >= 15 is 19.2 Å². The molecule has 2 aliphatic heterocycles. The van der Waals surface area contributed by atoms with Crippen molar-refractivity contribution in [1.29, 1.82) is 0 Å². The van der Waals surface area contributed by atoms with Gasteiger partial charge in [0.15, 0.2) is 0 Å². The Kier molecular flexibility index (Phi) is 17.3. The maximum Gasteiger partial charge on any atom is 0.391 e. The van der Waals surface area contributed by atoms with Gasteiger partial charge in [-0.3, -0.25) is 29.0 Å². The number of hydrogen-bond acceptors (Lipinski definition) is 16. The molecule has 0 aliphatic carbocycles. The molecule has 2 aliphatic rings. The molecule has 9 aromatic carbocycles. The lowest BCUT2D eigenvalue weighted by molar-refractivity contribution is -0.168. The number of alkyl halides is 6. The monoisotopic (exact) mass is 1300 g/mol. The molecule has 0 saturated carbocycles. The van der Waals surface area contributed by atoms with Gasteiger partial charge in [0.2, 0.25) is 0 Å². The molecule has 26 heteroatoms. The molecule has 468 valence electrons. The van der Waals surface area contributed by atoms with Crippen LogP contribution in [0.3, 0.4) is 0 Å². The van der Waals surface area contributed by atoms with Gasteiger partial charge in [-0.2, -0.15) is 26.3 Å². The molecule has 2 atom stereocenters. The Morgan fingerprint density at radius 3 is 0.848 bits per heavy atom. The number of carbonyl (C=O) groups excluding carboxylic acids is 8. The van der Waals surface area contributed by atoms with Crippen LogP contribution in [0.1, 0.15) is 54.3 Å². The van der Waals surface area contributed by atoms with Gasteiger partial charge in [-0.1, -0.05) is 109 Å². The van der Waals surface area contributed by atoms with Crippen molar-refractivity contribution in [3.63, 3.8) is 0 Å². The number of halogens is 8. The molecule has 0 fully saturated rings. The fourth-order valence-electron chi connectivity index (χ4n) is 10.8. The quantitative estimate of drug-likeness (QED) is 0.00901. The van der Waals surface area contributed by atoms with Crippen molar-refractivity contribution in [1.82, 2.24) is 9.80 Å². The van der Waals surface area contributed by atoms with Crippen molar-refractivity contribution in [3.05, 3.63) is 191 Å². The first kappa shape index (κ1) is 62.9. The molecule has 0 saturated heterocycles. The summed E-state index contributed by atoms with van der Waals surface area (Å²) in [5, 5.41) is -2.40. The number of esters is 4. The number of ether oxygens (including phenoxy) is 8. The summed E-state index contributed by atoms with van der Waals surface area (Å²) in [6, 6.07) is 30.0. The topological polar surface area (TPSA) is 217 Å². The summed E-state index contributed by atoms with van der Waals surface area (Å²) in [7, 11) is 0. The Bertz CT molecular complexity index is 4040. The molecule has 0 N–H and O–H groups in total. The van der Waals surface area contributed by atoms with Crippen molar-refractivity contribution in [2.24, 2.45) is 0 Å². The molecular weight excluding hydrogens is 1260 g/mol. The number of imide groups is 2. The van der Waals surface area contributed by atoms with E-state index in [0.29, 0.717) is 0 Å². The van der Waals surface area contributed by atoms with Crippen LogP contribution in [0.2, 0.25) is 0 Å². The molecule has 2 heterocycles. The van der Waals surface area contributed by atoms with Crippen molar-refractivity contribution in [2.45, 2.75) is 37.3 Å². The molecule has 11 rings (SSSR count). The standard InChI is InChI=1S/C66H42Cl2F6N2O16/c1-33(67)61(81)85-23-25-87-63(83)43(31-65(69,70)71)75-57(77)39-27-45(89-35-15-7-3-8-16-35)51-53-47(91-37-19-11-5-12-20-37)29-41-50-42(60(80)76(59(41)79)44(32-66(72,73)74)64(84)88-26-24-86-62(82)34(2)68)30-48(92-38-21-13-6-14-22-38)54(56(50)53)52-46(90-36-17-9-4-10-18-36)28-40(58(75)78)49(39)55(51)52/h3-22,27-30,43-44H,1-2,23-26,31-32H2. The summed E-state index contributed by atoms with van der Waals surface area (Å²) in [6.45, 7) is 3.20. The van der Waals surface area contributed by atoms with Crippen LogP contribution in [0.5, 0.6) is 46.0 Å². The van der Waals surface area contributed by atoms with E-state index in [0.717, 1.165) is 24.3 Å². The Morgan fingerprint density at radius 2 is 0.620 bits per heavy atom. The van der Waals surface area contributed by atoms with Gasteiger partial charge in [-0.05, 0) is 72.8 Å². The fourth-order valence-corrected chi connectivity index (χ4v) is 10.9. The summed E-state index contributed by atoms with van der Waals surface area (Å²) < 4.78 is 136.